The number of carbonyl (C=O) groups is 2. The summed E-state index contributed by atoms with van der Waals surface area (Å²) in [5.74, 6) is 0.512. The maximum atomic E-state index is 13.1. The summed E-state index contributed by atoms with van der Waals surface area (Å²) >= 11 is 6.29. The minimum Gasteiger partial charge on any atom is -0.493 e. The van der Waals surface area contributed by atoms with Crippen molar-refractivity contribution in [2.45, 2.75) is 44.6 Å². The number of ether oxygens (including phenoxy) is 2. The number of likely N-dealkylation sites (tertiary alicyclic amines) is 1. The SMILES string of the molecule is COc1cc(C(=O)N2CCC[C@@H]3CCCC[C@H]32)cc(Cl)c1OCC(N)=O. The van der Waals surface area contributed by atoms with Crippen LogP contribution in [0.4, 0.5) is 0 Å². The van der Waals surface area contributed by atoms with Crippen LogP contribution < -0.4 is 15.2 Å². The second-order valence-electron chi connectivity index (χ2n) is 7.00. The number of carbonyl (C=O) groups excluding carboxylic acids is 2. The highest BCUT2D eigenvalue weighted by Gasteiger charge is 2.36. The number of piperidine rings is 1. The summed E-state index contributed by atoms with van der Waals surface area (Å²) in [5, 5.41) is 0.228. The Balaban J connectivity index is 1.84. The zero-order valence-electron chi connectivity index (χ0n) is 15.0. The van der Waals surface area contributed by atoms with Crippen molar-refractivity contribution in [2.75, 3.05) is 20.3 Å². The number of hydrogen-bond acceptors (Lipinski definition) is 4. The van der Waals surface area contributed by atoms with Crippen LogP contribution in [0.3, 0.4) is 0 Å². The van der Waals surface area contributed by atoms with Crippen LogP contribution >= 0.6 is 11.6 Å². The molecule has 3 rings (SSSR count). The lowest BCUT2D eigenvalue weighted by molar-refractivity contribution is -0.119. The van der Waals surface area contributed by atoms with E-state index in [1.165, 1.54) is 32.8 Å². The molecule has 1 aliphatic carbocycles. The summed E-state index contributed by atoms with van der Waals surface area (Å²) in [6.07, 6.45) is 6.96. The monoisotopic (exact) mass is 380 g/mol. The number of nitrogens with two attached hydrogens (primary N) is 1. The first-order valence-electron chi connectivity index (χ1n) is 9.11. The molecule has 2 fully saturated rings. The Kier molecular flexibility index (Phi) is 5.91. The maximum absolute atomic E-state index is 13.1. The third-order valence-electron chi connectivity index (χ3n) is 5.34. The molecule has 0 spiro atoms. The molecule has 0 bridgehead atoms. The largest absolute Gasteiger partial charge is 0.493 e. The Bertz CT molecular complexity index is 692. The van der Waals surface area contributed by atoms with E-state index in [1.54, 1.807) is 12.1 Å². The number of benzene rings is 1. The van der Waals surface area contributed by atoms with Crippen molar-refractivity contribution in [3.63, 3.8) is 0 Å². The van der Waals surface area contributed by atoms with Gasteiger partial charge in [0.2, 0.25) is 0 Å². The lowest BCUT2D eigenvalue weighted by atomic mass is 9.78. The fourth-order valence-electron chi connectivity index (χ4n) is 4.17. The van der Waals surface area contributed by atoms with Crippen molar-refractivity contribution in [2.24, 2.45) is 11.7 Å². The zero-order valence-corrected chi connectivity index (χ0v) is 15.8. The normalized spacial score (nSPS) is 22.5. The minimum atomic E-state index is -0.611. The summed E-state index contributed by atoms with van der Waals surface area (Å²) in [6.45, 7) is 0.471. The number of nitrogens with zero attached hydrogens (tertiary/aromatic N) is 1. The number of primary amides is 1. The van der Waals surface area contributed by atoms with Crippen molar-refractivity contribution in [1.29, 1.82) is 0 Å². The molecule has 142 valence electrons. The third kappa shape index (κ3) is 3.90. The van der Waals surface area contributed by atoms with Gasteiger partial charge in [0.05, 0.1) is 12.1 Å². The second kappa shape index (κ2) is 8.16. The molecular formula is C19H25ClN2O4. The molecule has 0 unspecified atom stereocenters. The van der Waals surface area contributed by atoms with Crippen LogP contribution in [0.1, 0.15) is 48.9 Å². The fourth-order valence-corrected chi connectivity index (χ4v) is 4.43. The first-order valence-corrected chi connectivity index (χ1v) is 9.48. The zero-order chi connectivity index (χ0) is 18.7. The van der Waals surface area contributed by atoms with E-state index in [4.69, 9.17) is 26.8 Å². The first-order chi connectivity index (χ1) is 12.5. The standard InChI is InChI=1S/C19H25ClN2O4/c1-25-16-10-13(9-14(20)18(16)26-11-17(21)23)19(24)22-8-4-6-12-5-2-3-7-15(12)22/h9-10,12,15H,2-8,11H2,1H3,(H2,21,23)/t12-,15+/m0/s1. The van der Waals surface area contributed by atoms with Gasteiger partial charge in [0.15, 0.2) is 18.1 Å². The van der Waals surface area contributed by atoms with E-state index in [2.05, 4.69) is 0 Å². The van der Waals surface area contributed by atoms with Gasteiger partial charge >= 0.3 is 0 Å². The molecule has 6 nitrogen and oxygen atoms in total. The lowest BCUT2D eigenvalue weighted by Crippen LogP contribution is -2.49. The predicted molar refractivity (Wildman–Crippen MR) is 98.7 cm³/mol. The van der Waals surface area contributed by atoms with Gasteiger partial charge in [-0.25, -0.2) is 0 Å². The number of hydrogen-bond donors (Lipinski definition) is 1. The van der Waals surface area contributed by atoms with Gasteiger partial charge in [0.25, 0.3) is 11.8 Å². The van der Waals surface area contributed by atoms with Crippen LogP contribution in [0.15, 0.2) is 12.1 Å². The van der Waals surface area contributed by atoms with E-state index in [0.717, 1.165) is 19.4 Å². The van der Waals surface area contributed by atoms with Gasteiger partial charge in [-0.3, -0.25) is 9.59 Å². The molecule has 1 saturated carbocycles. The van der Waals surface area contributed by atoms with Crippen molar-refractivity contribution in [3.05, 3.63) is 22.7 Å². The molecule has 1 aromatic carbocycles. The van der Waals surface area contributed by atoms with Crippen LogP contribution in [-0.4, -0.2) is 43.0 Å². The molecule has 1 aliphatic heterocycles. The molecule has 1 aromatic rings. The molecule has 0 radical (unpaired) electrons. The van der Waals surface area contributed by atoms with Crippen molar-refractivity contribution in [3.8, 4) is 11.5 Å². The summed E-state index contributed by atoms with van der Waals surface area (Å²) < 4.78 is 10.6. The van der Waals surface area contributed by atoms with E-state index in [9.17, 15) is 9.59 Å². The van der Waals surface area contributed by atoms with Gasteiger partial charge in [-0.15, -0.1) is 0 Å². The lowest BCUT2D eigenvalue weighted by Gasteiger charge is -2.44. The van der Waals surface area contributed by atoms with Gasteiger partial charge in [-0.05, 0) is 43.7 Å². The van der Waals surface area contributed by atoms with Crippen LogP contribution in [0.25, 0.3) is 0 Å². The number of rotatable bonds is 5. The quantitative estimate of drug-likeness (QED) is 0.851. The highest BCUT2D eigenvalue weighted by Crippen LogP contribution is 2.39. The Morgan fingerprint density at radius 1 is 1.23 bits per heavy atom. The topological polar surface area (TPSA) is 81.9 Å². The van der Waals surface area contributed by atoms with Crippen LogP contribution in [0.2, 0.25) is 5.02 Å². The van der Waals surface area contributed by atoms with Gasteiger partial charge in [-0.2, -0.15) is 0 Å². The smallest absolute Gasteiger partial charge is 0.255 e. The Morgan fingerprint density at radius 3 is 2.69 bits per heavy atom. The molecular weight excluding hydrogens is 356 g/mol. The molecule has 0 aromatic heterocycles. The van der Waals surface area contributed by atoms with E-state index in [0.29, 0.717) is 23.3 Å². The maximum Gasteiger partial charge on any atom is 0.255 e. The fraction of sp³-hybridized carbons (Fsp3) is 0.579. The molecule has 2 atom stereocenters. The minimum absolute atomic E-state index is 0.0248. The Hall–Kier alpha value is -1.95. The molecule has 2 amide bonds. The van der Waals surface area contributed by atoms with Crippen molar-refractivity contribution >= 4 is 23.4 Å². The Labute approximate surface area is 158 Å². The van der Waals surface area contributed by atoms with E-state index in [-0.39, 0.29) is 23.3 Å². The highest BCUT2D eigenvalue weighted by molar-refractivity contribution is 6.32. The molecule has 7 heteroatoms. The number of methoxy groups -OCH3 is 1. The van der Waals surface area contributed by atoms with Crippen molar-refractivity contribution in [1.82, 2.24) is 4.90 Å². The third-order valence-corrected chi connectivity index (χ3v) is 5.62. The molecule has 1 saturated heterocycles. The van der Waals surface area contributed by atoms with Gasteiger partial charge < -0.3 is 20.1 Å². The summed E-state index contributed by atoms with van der Waals surface area (Å²) in [4.78, 5) is 26.1. The van der Waals surface area contributed by atoms with Gasteiger partial charge in [0, 0.05) is 18.2 Å². The van der Waals surface area contributed by atoms with E-state index >= 15 is 0 Å². The van der Waals surface area contributed by atoms with Crippen LogP contribution in [0.5, 0.6) is 11.5 Å². The average Bonchev–Trinajstić information content (AvgIpc) is 2.65. The Morgan fingerprint density at radius 2 is 1.96 bits per heavy atom. The predicted octanol–water partition coefficient (Wildman–Crippen LogP) is 3.01. The summed E-state index contributed by atoms with van der Waals surface area (Å²) in [6, 6.07) is 3.52. The first kappa shape index (κ1) is 18.8. The summed E-state index contributed by atoms with van der Waals surface area (Å²) in [7, 11) is 1.47. The van der Waals surface area contributed by atoms with E-state index < -0.39 is 5.91 Å². The second-order valence-corrected chi connectivity index (χ2v) is 7.40. The summed E-state index contributed by atoms with van der Waals surface area (Å²) in [5.41, 5.74) is 5.59. The molecule has 26 heavy (non-hydrogen) atoms. The highest BCUT2D eigenvalue weighted by atomic mass is 35.5. The number of halogens is 1. The molecule has 2 N–H and O–H groups in total. The van der Waals surface area contributed by atoms with Crippen LogP contribution in [0, 0.1) is 5.92 Å². The van der Waals surface area contributed by atoms with Crippen LogP contribution in [-0.2, 0) is 4.79 Å². The average molecular weight is 381 g/mol. The van der Waals surface area contributed by atoms with Gasteiger partial charge in [-0.1, -0.05) is 24.4 Å². The van der Waals surface area contributed by atoms with Gasteiger partial charge in [0.1, 0.15) is 0 Å². The molecule has 1 heterocycles. The van der Waals surface area contributed by atoms with E-state index in [1.807, 2.05) is 4.90 Å². The van der Waals surface area contributed by atoms with Crippen molar-refractivity contribution < 1.29 is 19.1 Å². The number of amides is 2. The number of fused-ring (bicyclic) bond motifs is 1. The molecule has 2 aliphatic rings.